The summed E-state index contributed by atoms with van der Waals surface area (Å²) in [6.07, 6.45) is 0. The first kappa shape index (κ1) is 13.1. The summed E-state index contributed by atoms with van der Waals surface area (Å²) < 4.78 is 1.34. The molecule has 0 nitrogen and oxygen atoms in total. The normalized spacial score (nSPS) is 12.5. The van der Waals surface area contributed by atoms with Gasteiger partial charge in [0.2, 0.25) is 0 Å². The summed E-state index contributed by atoms with van der Waals surface area (Å²) in [5.74, 6) is 0. The summed E-state index contributed by atoms with van der Waals surface area (Å²) in [6.45, 7) is 4.27. The second-order valence-corrected chi connectivity index (χ2v) is 6.25. The van der Waals surface area contributed by atoms with Crippen molar-refractivity contribution in [3.8, 4) is 0 Å². The van der Waals surface area contributed by atoms with E-state index < -0.39 is 0 Å². The molecule has 0 aliphatic rings. The molecule has 0 spiro atoms. The molecule has 0 saturated heterocycles. The third-order valence-corrected chi connectivity index (χ3v) is 5.36. The Bertz CT molecular complexity index is 517. The summed E-state index contributed by atoms with van der Waals surface area (Å²) in [5.41, 5.74) is 5.28. The average molecular weight is 401 g/mol. The molecule has 0 amide bonds. The van der Waals surface area contributed by atoms with Crippen molar-refractivity contribution in [1.29, 1.82) is 0 Å². The molecule has 1 unspecified atom stereocenters. The Balaban J connectivity index is 2.40. The van der Waals surface area contributed by atoms with Crippen molar-refractivity contribution in [1.82, 2.24) is 0 Å². The molecular weight excluding hydrogens is 387 g/mol. The Morgan fingerprint density at radius 1 is 1.00 bits per heavy atom. The second kappa shape index (κ2) is 5.53. The standard InChI is InChI=1S/C15H14BrI/c1-10-6-8-12(9-7-10)14(16)13-5-3-4-11(2)15(13)17/h3-9,14H,1-2H3. The molecule has 88 valence electrons. The van der Waals surface area contributed by atoms with E-state index in [0.29, 0.717) is 0 Å². The molecule has 17 heavy (non-hydrogen) atoms. The third kappa shape index (κ3) is 2.91. The SMILES string of the molecule is Cc1ccc(C(Br)c2cccc(C)c2I)cc1. The van der Waals surface area contributed by atoms with Gasteiger partial charge in [0.25, 0.3) is 0 Å². The minimum atomic E-state index is 0.273. The molecule has 2 heteroatoms. The lowest BCUT2D eigenvalue weighted by Crippen LogP contribution is -1.97. The van der Waals surface area contributed by atoms with Crippen molar-refractivity contribution < 1.29 is 0 Å². The minimum Gasteiger partial charge on any atom is -0.0786 e. The molecule has 0 radical (unpaired) electrons. The van der Waals surface area contributed by atoms with Crippen LogP contribution >= 0.6 is 38.5 Å². The second-order valence-electron chi connectivity index (χ2n) is 4.25. The smallest absolute Gasteiger partial charge is 0.0655 e. The van der Waals surface area contributed by atoms with Crippen LogP contribution in [-0.4, -0.2) is 0 Å². The summed E-state index contributed by atoms with van der Waals surface area (Å²) in [7, 11) is 0. The number of rotatable bonds is 2. The Morgan fingerprint density at radius 2 is 1.65 bits per heavy atom. The predicted octanol–water partition coefficient (Wildman–Crippen LogP) is 5.39. The number of halogens is 2. The van der Waals surface area contributed by atoms with Crippen LogP contribution in [-0.2, 0) is 0 Å². The fraction of sp³-hybridized carbons (Fsp3) is 0.200. The van der Waals surface area contributed by atoms with E-state index >= 15 is 0 Å². The number of aryl methyl sites for hydroxylation is 2. The topological polar surface area (TPSA) is 0 Å². The largest absolute Gasteiger partial charge is 0.0786 e. The van der Waals surface area contributed by atoms with Gasteiger partial charge in [-0.25, -0.2) is 0 Å². The Labute approximate surface area is 125 Å². The summed E-state index contributed by atoms with van der Waals surface area (Å²) >= 11 is 6.22. The van der Waals surface area contributed by atoms with Crippen molar-refractivity contribution in [2.24, 2.45) is 0 Å². The number of hydrogen-bond donors (Lipinski definition) is 0. The van der Waals surface area contributed by atoms with Crippen LogP contribution < -0.4 is 0 Å². The zero-order valence-corrected chi connectivity index (χ0v) is 13.6. The first-order valence-corrected chi connectivity index (χ1v) is 7.54. The van der Waals surface area contributed by atoms with E-state index in [1.54, 1.807) is 0 Å². The van der Waals surface area contributed by atoms with Gasteiger partial charge in [0.1, 0.15) is 0 Å². The quantitative estimate of drug-likeness (QED) is 0.468. The Hall–Kier alpha value is -0.350. The van der Waals surface area contributed by atoms with Gasteiger partial charge in [-0.2, -0.15) is 0 Å². The van der Waals surface area contributed by atoms with E-state index in [9.17, 15) is 0 Å². The molecule has 0 heterocycles. The van der Waals surface area contributed by atoms with Crippen LogP contribution in [0.5, 0.6) is 0 Å². The minimum absolute atomic E-state index is 0.273. The molecule has 0 N–H and O–H groups in total. The van der Waals surface area contributed by atoms with Crippen molar-refractivity contribution >= 4 is 38.5 Å². The van der Waals surface area contributed by atoms with Gasteiger partial charge >= 0.3 is 0 Å². The van der Waals surface area contributed by atoms with E-state index in [0.717, 1.165) is 0 Å². The molecule has 2 rings (SSSR count). The van der Waals surface area contributed by atoms with Crippen LogP contribution in [0.25, 0.3) is 0 Å². The Morgan fingerprint density at radius 3 is 2.29 bits per heavy atom. The molecule has 1 atom stereocenters. The van der Waals surface area contributed by atoms with Crippen molar-refractivity contribution in [3.63, 3.8) is 0 Å². The zero-order valence-electron chi connectivity index (χ0n) is 9.87. The van der Waals surface area contributed by atoms with E-state index in [4.69, 9.17) is 0 Å². The fourth-order valence-corrected chi connectivity index (χ4v) is 3.57. The highest BCUT2D eigenvalue weighted by Gasteiger charge is 2.13. The van der Waals surface area contributed by atoms with Gasteiger partial charge in [0.05, 0.1) is 4.83 Å². The Kier molecular flexibility index (Phi) is 4.26. The molecule has 0 aromatic heterocycles. The van der Waals surface area contributed by atoms with Crippen LogP contribution in [0.3, 0.4) is 0 Å². The van der Waals surface area contributed by atoms with Gasteiger partial charge in [-0.1, -0.05) is 64.0 Å². The number of alkyl halides is 1. The number of benzene rings is 2. The fourth-order valence-electron chi connectivity index (χ4n) is 1.78. The summed E-state index contributed by atoms with van der Waals surface area (Å²) in [6, 6.07) is 15.2. The van der Waals surface area contributed by atoms with Crippen molar-refractivity contribution in [2.45, 2.75) is 18.7 Å². The highest BCUT2D eigenvalue weighted by molar-refractivity contribution is 14.1. The van der Waals surface area contributed by atoms with Gasteiger partial charge in [-0.05, 0) is 53.1 Å². The molecule has 2 aromatic rings. The highest BCUT2D eigenvalue weighted by Crippen LogP contribution is 2.34. The van der Waals surface area contributed by atoms with Crippen LogP contribution in [0.4, 0.5) is 0 Å². The predicted molar refractivity (Wildman–Crippen MR) is 85.8 cm³/mol. The van der Waals surface area contributed by atoms with E-state index in [1.807, 2.05) is 0 Å². The summed E-state index contributed by atoms with van der Waals surface area (Å²) in [5, 5.41) is 0. The van der Waals surface area contributed by atoms with Crippen molar-refractivity contribution in [3.05, 3.63) is 68.3 Å². The lowest BCUT2D eigenvalue weighted by atomic mass is 10.0. The van der Waals surface area contributed by atoms with Gasteiger partial charge < -0.3 is 0 Å². The van der Waals surface area contributed by atoms with Gasteiger partial charge in [0, 0.05) is 3.57 Å². The first-order valence-electron chi connectivity index (χ1n) is 5.55. The third-order valence-electron chi connectivity index (χ3n) is 2.86. The molecule has 0 aliphatic carbocycles. The maximum atomic E-state index is 3.80. The number of hydrogen-bond acceptors (Lipinski definition) is 0. The van der Waals surface area contributed by atoms with Crippen LogP contribution in [0, 0.1) is 17.4 Å². The molecule has 2 aromatic carbocycles. The average Bonchev–Trinajstić information content (AvgIpc) is 2.33. The van der Waals surface area contributed by atoms with Crippen LogP contribution in [0.1, 0.15) is 27.1 Å². The van der Waals surface area contributed by atoms with Crippen LogP contribution in [0.2, 0.25) is 0 Å². The highest BCUT2D eigenvalue weighted by atomic mass is 127. The molecule has 0 bridgehead atoms. The van der Waals surface area contributed by atoms with Gasteiger partial charge in [-0.15, -0.1) is 0 Å². The van der Waals surface area contributed by atoms with Gasteiger partial charge in [-0.3, -0.25) is 0 Å². The van der Waals surface area contributed by atoms with Crippen LogP contribution in [0.15, 0.2) is 42.5 Å². The first-order chi connectivity index (χ1) is 8.09. The van der Waals surface area contributed by atoms with E-state index in [-0.39, 0.29) is 4.83 Å². The molecule has 0 saturated carbocycles. The molecular formula is C15H14BrI. The lowest BCUT2D eigenvalue weighted by molar-refractivity contribution is 1.14. The lowest BCUT2D eigenvalue weighted by Gasteiger charge is -2.14. The molecule has 0 aliphatic heterocycles. The monoisotopic (exact) mass is 400 g/mol. The van der Waals surface area contributed by atoms with E-state index in [2.05, 4.69) is 94.8 Å². The van der Waals surface area contributed by atoms with Crippen molar-refractivity contribution in [2.75, 3.05) is 0 Å². The summed E-state index contributed by atoms with van der Waals surface area (Å²) in [4.78, 5) is 0.273. The molecule has 0 fully saturated rings. The zero-order chi connectivity index (χ0) is 12.4. The maximum absolute atomic E-state index is 3.80. The van der Waals surface area contributed by atoms with E-state index in [1.165, 1.54) is 25.8 Å². The van der Waals surface area contributed by atoms with Gasteiger partial charge in [0.15, 0.2) is 0 Å². The maximum Gasteiger partial charge on any atom is 0.0655 e.